The molecule has 0 saturated carbocycles. The van der Waals surface area contributed by atoms with Crippen molar-refractivity contribution in [1.29, 1.82) is 0 Å². The average molecular weight is 369 g/mol. The van der Waals surface area contributed by atoms with E-state index in [2.05, 4.69) is 10.6 Å². The second-order valence-electron chi connectivity index (χ2n) is 6.28. The molecule has 25 heavy (non-hydrogen) atoms. The number of carbonyl (C=O) groups is 2. The normalized spacial score (nSPS) is 18.0. The van der Waals surface area contributed by atoms with Gasteiger partial charge in [0.15, 0.2) is 0 Å². The number of carbonyl (C=O) groups excluding carboxylic acids is 2. The first-order chi connectivity index (χ1) is 11.6. The van der Waals surface area contributed by atoms with Crippen molar-refractivity contribution in [3.8, 4) is 0 Å². The Bertz CT molecular complexity index is 541. The van der Waals surface area contributed by atoms with Crippen LogP contribution in [0.5, 0.6) is 0 Å². The number of hydrogen-bond acceptors (Lipinski definition) is 3. The zero-order chi connectivity index (χ0) is 17.4. The van der Waals surface area contributed by atoms with E-state index in [0.717, 1.165) is 37.9 Å². The van der Waals surface area contributed by atoms with Crippen LogP contribution in [0.3, 0.4) is 0 Å². The summed E-state index contributed by atoms with van der Waals surface area (Å²) in [6.45, 7) is 3.20. The van der Waals surface area contributed by atoms with Gasteiger partial charge in [-0.05, 0) is 37.8 Å². The van der Waals surface area contributed by atoms with Gasteiger partial charge >= 0.3 is 6.03 Å². The number of amides is 3. The molecule has 0 radical (unpaired) electrons. The Morgan fingerprint density at radius 2 is 2.00 bits per heavy atom. The molecule has 1 aliphatic rings. The first-order valence-corrected chi connectivity index (χ1v) is 8.77. The van der Waals surface area contributed by atoms with Gasteiger partial charge in [-0.3, -0.25) is 4.79 Å². The molecule has 1 heterocycles. The Hall–Kier alpha value is -1.79. The van der Waals surface area contributed by atoms with E-state index < -0.39 is 6.04 Å². The molecule has 4 N–H and O–H groups in total. The molecule has 3 amide bonds. The van der Waals surface area contributed by atoms with Gasteiger partial charge in [-0.15, -0.1) is 12.4 Å². The number of para-hydroxylation sites is 1. The fraction of sp³-hybridized carbons (Fsp3) is 0.556. The molecule has 0 aliphatic carbocycles. The second-order valence-corrected chi connectivity index (χ2v) is 6.28. The number of nitrogens with two attached hydrogens (primary N) is 1. The number of piperidine rings is 1. The highest BCUT2D eigenvalue weighted by Gasteiger charge is 2.29. The summed E-state index contributed by atoms with van der Waals surface area (Å²) in [6.07, 6.45) is 4.56. The molecule has 2 atom stereocenters. The van der Waals surface area contributed by atoms with Crippen molar-refractivity contribution in [2.24, 2.45) is 5.73 Å². The first kappa shape index (κ1) is 21.3. The fourth-order valence-electron chi connectivity index (χ4n) is 3.06. The van der Waals surface area contributed by atoms with Gasteiger partial charge in [-0.1, -0.05) is 31.5 Å². The van der Waals surface area contributed by atoms with Gasteiger partial charge in [-0.2, -0.15) is 0 Å². The van der Waals surface area contributed by atoms with Crippen LogP contribution in [0, 0.1) is 0 Å². The average Bonchev–Trinajstić information content (AvgIpc) is 2.60. The van der Waals surface area contributed by atoms with Gasteiger partial charge in [0.05, 0.1) is 6.04 Å². The topological polar surface area (TPSA) is 87.5 Å². The molecule has 0 bridgehead atoms. The number of rotatable bonds is 6. The van der Waals surface area contributed by atoms with E-state index in [1.807, 2.05) is 42.2 Å². The molecule has 7 heteroatoms. The number of nitrogens with zero attached hydrogens (tertiary/aromatic N) is 1. The molecule has 2 rings (SSSR count). The maximum Gasteiger partial charge on any atom is 0.319 e. The lowest BCUT2D eigenvalue weighted by molar-refractivity contribution is -0.136. The third-order valence-corrected chi connectivity index (χ3v) is 4.36. The van der Waals surface area contributed by atoms with Crippen LogP contribution in [0.2, 0.25) is 0 Å². The predicted molar refractivity (Wildman–Crippen MR) is 103 cm³/mol. The minimum Gasteiger partial charge on any atom is -0.337 e. The van der Waals surface area contributed by atoms with Crippen molar-refractivity contribution in [3.05, 3.63) is 30.3 Å². The number of halogens is 1. The van der Waals surface area contributed by atoms with Crippen molar-refractivity contribution >= 4 is 30.0 Å². The maximum absolute atomic E-state index is 12.5. The Kier molecular flexibility index (Phi) is 9.31. The summed E-state index contributed by atoms with van der Waals surface area (Å²) in [6, 6.07) is 8.63. The number of benzene rings is 1. The van der Waals surface area contributed by atoms with E-state index in [-0.39, 0.29) is 30.4 Å². The van der Waals surface area contributed by atoms with Gasteiger partial charge in [-0.25, -0.2) is 4.79 Å². The molecule has 0 spiro atoms. The Balaban J connectivity index is 0.00000312. The zero-order valence-electron chi connectivity index (χ0n) is 14.7. The van der Waals surface area contributed by atoms with Gasteiger partial charge in [0.25, 0.3) is 0 Å². The van der Waals surface area contributed by atoms with E-state index in [9.17, 15) is 9.59 Å². The van der Waals surface area contributed by atoms with Gasteiger partial charge in [0.1, 0.15) is 0 Å². The highest BCUT2D eigenvalue weighted by molar-refractivity contribution is 5.89. The standard InChI is InChI=1S/C18H28N4O2.ClH/c1-2-8-16(19)17(23)22-12-7-6-11-15(22)13-20-18(24)21-14-9-4-3-5-10-14;/h3-5,9-10,15-16H,2,6-8,11-13,19H2,1H3,(H2,20,21,24);1H. The summed E-state index contributed by atoms with van der Waals surface area (Å²) in [5, 5.41) is 5.66. The number of hydrogen-bond donors (Lipinski definition) is 3. The van der Waals surface area contributed by atoms with Crippen LogP contribution >= 0.6 is 12.4 Å². The third kappa shape index (κ3) is 6.55. The number of urea groups is 1. The van der Waals surface area contributed by atoms with Gasteiger partial charge in [0, 0.05) is 24.8 Å². The van der Waals surface area contributed by atoms with Crippen LogP contribution in [-0.4, -0.2) is 42.0 Å². The van der Waals surface area contributed by atoms with Gasteiger partial charge < -0.3 is 21.3 Å². The van der Waals surface area contributed by atoms with Crippen LogP contribution in [-0.2, 0) is 4.79 Å². The Labute approximate surface area is 155 Å². The lowest BCUT2D eigenvalue weighted by atomic mass is 10.00. The molecule has 0 aromatic heterocycles. The van der Waals surface area contributed by atoms with Crippen LogP contribution in [0.4, 0.5) is 10.5 Å². The zero-order valence-corrected chi connectivity index (χ0v) is 15.6. The molecule has 1 aliphatic heterocycles. The number of likely N-dealkylation sites (tertiary alicyclic amines) is 1. The molecule has 1 saturated heterocycles. The third-order valence-electron chi connectivity index (χ3n) is 4.36. The van der Waals surface area contributed by atoms with E-state index in [1.165, 1.54) is 0 Å². The van der Waals surface area contributed by atoms with E-state index in [4.69, 9.17) is 5.73 Å². The summed E-state index contributed by atoms with van der Waals surface area (Å²) in [5.41, 5.74) is 6.73. The lowest BCUT2D eigenvalue weighted by Crippen LogP contribution is -2.54. The summed E-state index contributed by atoms with van der Waals surface area (Å²) in [5.74, 6) is 0.00631. The van der Waals surface area contributed by atoms with Crippen molar-refractivity contribution < 1.29 is 9.59 Å². The first-order valence-electron chi connectivity index (χ1n) is 8.77. The maximum atomic E-state index is 12.5. The summed E-state index contributed by atoms with van der Waals surface area (Å²) < 4.78 is 0. The quantitative estimate of drug-likeness (QED) is 0.721. The molecule has 140 valence electrons. The number of nitrogens with one attached hydrogen (secondary N) is 2. The van der Waals surface area contributed by atoms with Gasteiger partial charge in [0.2, 0.25) is 5.91 Å². The smallest absolute Gasteiger partial charge is 0.319 e. The van der Waals surface area contributed by atoms with E-state index >= 15 is 0 Å². The van der Waals surface area contributed by atoms with Crippen LogP contribution < -0.4 is 16.4 Å². The molecule has 1 aromatic rings. The van der Waals surface area contributed by atoms with Crippen molar-refractivity contribution in [1.82, 2.24) is 10.2 Å². The summed E-state index contributed by atoms with van der Waals surface area (Å²) in [4.78, 5) is 26.4. The largest absolute Gasteiger partial charge is 0.337 e. The predicted octanol–water partition coefficient (Wildman–Crippen LogP) is 2.74. The Morgan fingerprint density at radius 1 is 1.28 bits per heavy atom. The van der Waals surface area contributed by atoms with Crippen LogP contribution in [0.1, 0.15) is 39.0 Å². The van der Waals surface area contributed by atoms with Crippen LogP contribution in [0.15, 0.2) is 30.3 Å². The monoisotopic (exact) mass is 368 g/mol. The number of anilines is 1. The minimum atomic E-state index is -0.436. The lowest BCUT2D eigenvalue weighted by Gasteiger charge is -2.37. The molecular formula is C18H29ClN4O2. The second kappa shape index (κ2) is 10.9. The van der Waals surface area contributed by atoms with Crippen molar-refractivity contribution in [2.45, 2.75) is 51.1 Å². The SMILES string of the molecule is CCCC(N)C(=O)N1CCCCC1CNC(=O)Nc1ccccc1.Cl. The van der Waals surface area contributed by atoms with Crippen molar-refractivity contribution in [3.63, 3.8) is 0 Å². The molecule has 1 fully saturated rings. The molecule has 6 nitrogen and oxygen atoms in total. The summed E-state index contributed by atoms with van der Waals surface area (Å²) in [7, 11) is 0. The minimum absolute atomic E-state index is 0. The Morgan fingerprint density at radius 3 is 2.68 bits per heavy atom. The molecular weight excluding hydrogens is 340 g/mol. The molecule has 2 unspecified atom stereocenters. The van der Waals surface area contributed by atoms with Crippen LogP contribution in [0.25, 0.3) is 0 Å². The highest BCUT2D eigenvalue weighted by atomic mass is 35.5. The summed E-state index contributed by atoms with van der Waals surface area (Å²) >= 11 is 0. The van der Waals surface area contributed by atoms with E-state index in [0.29, 0.717) is 13.0 Å². The highest BCUT2D eigenvalue weighted by Crippen LogP contribution is 2.18. The fourth-order valence-corrected chi connectivity index (χ4v) is 3.06. The molecule has 1 aromatic carbocycles. The van der Waals surface area contributed by atoms with Crippen molar-refractivity contribution in [2.75, 3.05) is 18.4 Å². The van der Waals surface area contributed by atoms with E-state index in [1.54, 1.807) is 0 Å².